The van der Waals surface area contributed by atoms with Gasteiger partial charge in [-0.1, -0.05) is 48.6 Å². The van der Waals surface area contributed by atoms with Crippen LogP contribution >= 0.6 is 0 Å². The number of nitrogens with zero attached hydrogens (tertiary/aromatic N) is 4. The zero-order valence-electron chi connectivity index (χ0n) is 24.5. The molecule has 1 amide bonds. The summed E-state index contributed by atoms with van der Waals surface area (Å²) >= 11 is 0. The topological polar surface area (TPSA) is 154 Å². The molecule has 0 aliphatic carbocycles. The highest BCUT2D eigenvalue weighted by molar-refractivity contribution is 6.08. The van der Waals surface area contributed by atoms with E-state index in [1.165, 1.54) is 9.58 Å². The van der Waals surface area contributed by atoms with Crippen molar-refractivity contribution < 1.29 is 35.0 Å². The molecule has 2 heterocycles. The summed E-state index contributed by atoms with van der Waals surface area (Å²) in [6.45, 7) is 1.53. The van der Waals surface area contributed by atoms with E-state index < -0.39 is 11.9 Å². The molecule has 3 aromatic carbocycles. The van der Waals surface area contributed by atoms with Crippen molar-refractivity contribution >= 4 is 35.4 Å². The number of benzene rings is 3. The van der Waals surface area contributed by atoms with Crippen molar-refractivity contribution in [2.24, 2.45) is 5.10 Å². The first kappa shape index (κ1) is 31.0. The van der Waals surface area contributed by atoms with E-state index in [0.717, 1.165) is 11.3 Å². The van der Waals surface area contributed by atoms with E-state index in [4.69, 9.17) is 15.6 Å². The minimum absolute atomic E-state index is 0.0137. The van der Waals surface area contributed by atoms with E-state index in [1.807, 2.05) is 12.1 Å². The Balaban J connectivity index is 1.59. The minimum Gasteiger partial charge on any atom is -0.480 e. The van der Waals surface area contributed by atoms with Crippen LogP contribution in [0.3, 0.4) is 0 Å². The summed E-state index contributed by atoms with van der Waals surface area (Å²) < 4.78 is 1.38. The maximum Gasteiger partial charge on any atom is 0.323 e. The molecule has 0 unspecified atom stereocenters. The van der Waals surface area contributed by atoms with E-state index in [1.54, 1.807) is 97.8 Å². The van der Waals surface area contributed by atoms with E-state index in [9.17, 15) is 14.4 Å². The number of allylic oxidation sites excluding steroid dienone is 1. The molecule has 1 aromatic heterocycles. The van der Waals surface area contributed by atoms with Crippen molar-refractivity contribution in [2.45, 2.75) is 20.1 Å². The Morgan fingerprint density at radius 2 is 1.47 bits per heavy atom. The molecule has 0 bridgehead atoms. The molecular formula is C33H30N4O8. The van der Waals surface area contributed by atoms with Crippen LogP contribution in [0, 0.1) is 6.92 Å². The van der Waals surface area contributed by atoms with Crippen molar-refractivity contribution in [3.8, 4) is 5.69 Å². The highest BCUT2D eigenvalue weighted by atomic mass is 17.1. The van der Waals surface area contributed by atoms with Crippen molar-refractivity contribution in [1.82, 2.24) is 4.57 Å². The Hall–Kier alpha value is -5.40. The Labute approximate surface area is 257 Å². The maximum absolute atomic E-state index is 14.0. The first-order valence-electron chi connectivity index (χ1n) is 13.8. The number of carbonyl (C=O) groups excluding carboxylic acids is 1. The van der Waals surface area contributed by atoms with Crippen molar-refractivity contribution in [3.05, 3.63) is 128 Å². The number of likely N-dealkylation sites (N-methyl/N-ethyl adjacent to an activating group) is 1. The second-order valence-corrected chi connectivity index (χ2v) is 10.3. The third-order valence-electron chi connectivity index (χ3n) is 7.34. The molecule has 0 radical (unpaired) electrons. The molecule has 0 atom stereocenters. The Morgan fingerprint density at radius 3 is 2.02 bits per heavy atom. The molecule has 45 heavy (non-hydrogen) atoms. The fourth-order valence-electron chi connectivity index (χ4n) is 5.01. The summed E-state index contributed by atoms with van der Waals surface area (Å²) in [6, 6.07) is 20.8. The Morgan fingerprint density at radius 1 is 0.889 bits per heavy atom. The molecule has 0 saturated heterocycles. The van der Waals surface area contributed by atoms with Crippen LogP contribution in [0.4, 0.5) is 11.4 Å². The minimum atomic E-state index is -0.929. The summed E-state index contributed by atoms with van der Waals surface area (Å²) in [5.74, 6) is -1.34. The zero-order valence-corrected chi connectivity index (χ0v) is 24.5. The molecule has 12 heteroatoms. The molecule has 230 valence electrons. The third kappa shape index (κ3) is 6.59. The lowest BCUT2D eigenvalue weighted by Crippen LogP contribution is -2.45. The number of pyridine rings is 1. The second-order valence-electron chi connectivity index (χ2n) is 10.3. The van der Waals surface area contributed by atoms with Crippen LogP contribution in [0.2, 0.25) is 0 Å². The summed E-state index contributed by atoms with van der Waals surface area (Å²) in [4.78, 5) is 48.9. The van der Waals surface area contributed by atoms with Gasteiger partial charge in [0.05, 0.1) is 16.9 Å². The SMILES string of the molecule is Cc1c2c(n(-c3ccc(COO)cc3)c(=O)/c1=C/C=C/c1ccc(N(C)CC(=O)O)cc1)=NN(c1ccc(COO)cc1)C2=O. The van der Waals surface area contributed by atoms with Crippen LogP contribution in [0.25, 0.3) is 17.8 Å². The standard InChI is InChI=1S/C33H30N4O8/c1-21-28(5-3-4-22-6-12-25(13-7-22)35(2)18-29(38)39)32(40)36(26-14-8-23(9-15-26)19-44-42)31-30(21)33(41)37(34-31)27-16-10-24(11-17-27)20-45-43/h3-17,42-43H,18-20H2,1-2H3,(H,38,39)/b4-3+,28-5+. The molecular weight excluding hydrogens is 580 g/mol. The highest BCUT2D eigenvalue weighted by Gasteiger charge is 2.30. The zero-order chi connectivity index (χ0) is 32.1. The fraction of sp³-hybridized carbons (Fsp3) is 0.152. The lowest BCUT2D eigenvalue weighted by molar-refractivity contribution is -0.253. The smallest absolute Gasteiger partial charge is 0.323 e. The van der Waals surface area contributed by atoms with Gasteiger partial charge in [-0.05, 0) is 71.7 Å². The quantitative estimate of drug-likeness (QED) is 0.171. The monoisotopic (exact) mass is 610 g/mol. The molecule has 4 aromatic rings. The van der Waals surface area contributed by atoms with E-state index in [2.05, 4.69) is 14.9 Å². The molecule has 0 fully saturated rings. The molecule has 5 rings (SSSR count). The molecule has 1 aliphatic rings. The summed E-state index contributed by atoms with van der Waals surface area (Å²) in [6.07, 6.45) is 5.16. The highest BCUT2D eigenvalue weighted by Crippen LogP contribution is 2.22. The average Bonchev–Trinajstić information content (AvgIpc) is 3.37. The normalized spacial score (nSPS) is 12.9. The Kier molecular flexibility index (Phi) is 9.31. The number of rotatable bonds is 11. The van der Waals surface area contributed by atoms with E-state index >= 15 is 0 Å². The largest absolute Gasteiger partial charge is 0.480 e. The van der Waals surface area contributed by atoms with Gasteiger partial charge in [-0.25, -0.2) is 9.78 Å². The van der Waals surface area contributed by atoms with Crippen molar-refractivity contribution in [1.29, 1.82) is 0 Å². The van der Waals surface area contributed by atoms with E-state index in [-0.39, 0.29) is 36.4 Å². The first-order chi connectivity index (χ1) is 21.7. The van der Waals surface area contributed by atoms with Crippen LogP contribution < -0.4 is 26.2 Å². The van der Waals surface area contributed by atoms with Crippen LogP contribution in [-0.4, -0.2) is 45.7 Å². The predicted molar refractivity (Wildman–Crippen MR) is 166 cm³/mol. The van der Waals surface area contributed by atoms with Gasteiger partial charge in [0, 0.05) is 18.0 Å². The summed E-state index contributed by atoms with van der Waals surface area (Å²) in [7, 11) is 1.69. The maximum atomic E-state index is 14.0. The van der Waals surface area contributed by atoms with Crippen molar-refractivity contribution in [3.63, 3.8) is 0 Å². The van der Waals surface area contributed by atoms with Gasteiger partial charge >= 0.3 is 5.97 Å². The number of carbonyl (C=O) groups is 2. The van der Waals surface area contributed by atoms with Gasteiger partial charge < -0.3 is 10.0 Å². The molecule has 3 N–H and O–H groups in total. The van der Waals surface area contributed by atoms with Crippen LogP contribution in [0.1, 0.15) is 32.6 Å². The number of carboxylic acids is 1. The molecule has 1 aliphatic heterocycles. The van der Waals surface area contributed by atoms with Crippen LogP contribution in [0.5, 0.6) is 0 Å². The van der Waals surface area contributed by atoms with Gasteiger partial charge in [-0.3, -0.25) is 29.5 Å². The van der Waals surface area contributed by atoms with Gasteiger partial charge in [0.15, 0.2) is 5.49 Å². The lowest BCUT2D eigenvalue weighted by Gasteiger charge is -2.16. The lowest BCUT2D eigenvalue weighted by atomic mass is 10.1. The summed E-state index contributed by atoms with van der Waals surface area (Å²) in [5.41, 5.74) is 4.40. The Bertz CT molecular complexity index is 1930. The van der Waals surface area contributed by atoms with Crippen LogP contribution in [-0.2, 0) is 27.8 Å². The number of anilines is 2. The number of hydrogen-bond donors (Lipinski definition) is 3. The summed E-state index contributed by atoms with van der Waals surface area (Å²) in [5, 5.41) is 32.7. The number of aromatic nitrogens is 1. The number of amides is 1. The first-order valence-corrected chi connectivity index (χ1v) is 13.8. The van der Waals surface area contributed by atoms with Crippen LogP contribution in [0.15, 0.2) is 88.8 Å². The fourth-order valence-corrected chi connectivity index (χ4v) is 5.01. The number of carboxylic acid groups (broad SMARTS) is 1. The number of aliphatic carboxylic acids is 1. The van der Waals surface area contributed by atoms with Gasteiger partial charge in [0.1, 0.15) is 19.8 Å². The van der Waals surface area contributed by atoms with Gasteiger partial charge in [0.2, 0.25) is 0 Å². The molecule has 0 saturated carbocycles. The van der Waals surface area contributed by atoms with E-state index in [0.29, 0.717) is 33.3 Å². The average molecular weight is 611 g/mol. The number of fused-ring (bicyclic) bond motifs is 1. The molecule has 0 spiro atoms. The third-order valence-corrected chi connectivity index (χ3v) is 7.34. The predicted octanol–water partition coefficient (Wildman–Crippen LogP) is 3.33. The van der Waals surface area contributed by atoms with Gasteiger partial charge in [-0.2, -0.15) is 5.01 Å². The molecule has 12 nitrogen and oxygen atoms in total. The van der Waals surface area contributed by atoms with Gasteiger partial charge in [-0.15, -0.1) is 5.10 Å². The van der Waals surface area contributed by atoms with Crippen molar-refractivity contribution in [2.75, 3.05) is 23.5 Å². The second kappa shape index (κ2) is 13.5. The van der Waals surface area contributed by atoms with Gasteiger partial charge in [0.25, 0.3) is 11.5 Å². The number of hydrogen-bond acceptors (Lipinski definition) is 9.